The lowest BCUT2D eigenvalue weighted by Crippen LogP contribution is -2.51. The number of alkyl carbamates (subject to hydrolysis) is 2. The number of fused-ring (bicyclic) bond motifs is 3. The number of ether oxygens (including phenoxy) is 4. The number of hydrogen-bond acceptors (Lipinski definition) is 7. The van der Waals surface area contributed by atoms with Crippen molar-refractivity contribution >= 4 is 18.1 Å². The minimum Gasteiger partial charge on any atom is -0.449 e. The molecule has 0 saturated heterocycles. The van der Waals surface area contributed by atoms with Crippen molar-refractivity contribution in [3.05, 3.63) is 95.6 Å². The van der Waals surface area contributed by atoms with Crippen LogP contribution >= 0.6 is 0 Å². The van der Waals surface area contributed by atoms with E-state index in [1.807, 2.05) is 89.2 Å². The third kappa shape index (κ3) is 11.6. The molecule has 0 aromatic heterocycles. The monoisotopic (exact) mass is 687 g/mol. The molecule has 0 bridgehead atoms. The molecule has 1 unspecified atom stereocenters. The SMILES string of the molecule is CCOC(CN(CCc1ccccc1)C(=O)C(CCCCNC(=O)OC(C)(C)C)NC(=O)OCC1c2ccccc2-c2ccccc21)OCC. The van der Waals surface area contributed by atoms with Crippen molar-refractivity contribution in [3.8, 4) is 11.1 Å². The maximum atomic E-state index is 14.3. The number of nitrogens with zero attached hydrogens (tertiary/aromatic N) is 1. The van der Waals surface area contributed by atoms with Gasteiger partial charge in [-0.3, -0.25) is 4.79 Å². The minimum absolute atomic E-state index is 0.109. The smallest absolute Gasteiger partial charge is 0.407 e. The van der Waals surface area contributed by atoms with Crippen LogP contribution in [0.4, 0.5) is 9.59 Å². The molecular weight excluding hydrogens is 634 g/mol. The van der Waals surface area contributed by atoms with E-state index in [0.29, 0.717) is 52.0 Å². The van der Waals surface area contributed by atoms with Gasteiger partial charge in [0.1, 0.15) is 18.2 Å². The first-order chi connectivity index (χ1) is 24.1. The van der Waals surface area contributed by atoms with E-state index < -0.39 is 30.1 Å². The van der Waals surface area contributed by atoms with Crippen LogP contribution in [0.2, 0.25) is 0 Å². The highest BCUT2D eigenvalue weighted by Gasteiger charge is 2.31. The van der Waals surface area contributed by atoms with Crippen LogP contribution in [0.1, 0.15) is 76.5 Å². The molecule has 0 aliphatic heterocycles. The Labute approximate surface area is 296 Å². The number of carbonyl (C=O) groups excluding carboxylic acids is 3. The summed E-state index contributed by atoms with van der Waals surface area (Å²) in [5, 5.41) is 5.65. The molecule has 0 saturated carbocycles. The standard InChI is InChI=1S/C40H53N3O7/c1-6-47-36(48-7-2)27-43(26-24-29-17-9-8-10-18-29)37(44)35(23-15-16-25-41-38(45)50-40(3,4)5)42-39(46)49-28-34-32-21-13-11-19-30(32)31-20-12-14-22-33(31)34/h8-14,17-22,34-36H,6-7,15-16,23-28H2,1-5H3,(H,41,45)(H,42,46). The summed E-state index contributed by atoms with van der Waals surface area (Å²) in [7, 11) is 0. The number of hydrogen-bond donors (Lipinski definition) is 2. The predicted molar refractivity (Wildman–Crippen MR) is 194 cm³/mol. The topological polar surface area (TPSA) is 115 Å². The molecule has 4 rings (SSSR count). The van der Waals surface area contributed by atoms with Crippen LogP contribution in [-0.2, 0) is 30.2 Å². The van der Waals surface area contributed by atoms with Gasteiger partial charge in [0.2, 0.25) is 5.91 Å². The van der Waals surface area contributed by atoms with Gasteiger partial charge in [0.25, 0.3) is 0 Å². The fourth-order valence-corrected chi connectivity index (χ4v) is 6.14. The molecule has 0 spiro atoms. The Balaban J connectivity index is 1.47. The molecule has 3 aromatic rings. The van der Waals surface area contributed by atoms with Crippen LogP contribution in [0.5, 0.6) is 0 Å². The molecule has 1 atom stereocenters. The Kier molecular flexibility index (Phi) is 14.7. The predicted octanol–water partition coefficient (Wildman–Crippen LogP) is 7.06. The van der Waals surface area contributed by atoms with Crippen molar-refractivity contribution in [2.24, 2.45) is 0 Å². The molecule has 50 heavy (non-hydrogen) atoms. The van der Waals surface area contributed by atoms with Gasteiger partial charge in [-0.15, -0.1) is 0 Å². The van der Waals surface area contributed by atoms with Gasteiger partial charge in [-0.05, 0) is 88.1 Å². The van der Waals surface area contributed by atoms with Crippen molar-refractivity contribution in [1.82, 2.24) is 15.5 Å². The van der Waals surface area contributed by atoms with Crippen LogP contribution in [0.15, 0.2) is 78.9 Å². The molecular formula is C40H53N3O7. The molecule has 1 aliphatic carbocycles. The summed E-state index contributed by atoms with van der Waals surface area (Å²) < 4.78 is 22.8. The first kappa shape index (κ1) is 38.4. The number of unbranched alkanes of at least 4 members (excludes halogenated alkanes) is 1. The lowest BCUT2D eigenvalue weighted by atomic mass is 9.98. The third-order valence-corrected chi connectivity index (χ3v) is 8.42. The van der Waals surface area contributed by atoms with Gasteiger partial charge in [-0.2, -0.15) is 0 Å². The fourth-order valence-electron chi connectivity index (χ4n) is 6.14. The zero-order valence-electron chi connectivity index (χ0n) is 30.1. The van der Waals surface area contributed by atoms with E-state index in [0.717, 1.165) is 27.8 Å². The van der Waals surface area contributed by atoms with Gasteiger partial charge < -0.3 is 34.5 Å². The molecule has 1 aliphatic rings. The highest BCUT2D eigenvalue weighted by molar-refractivity contribution is 5.86. The van der Waals surface area contributed by atoms with Crippen LogP contribution in [0.3, 0.4) is 0 Å². The first-order valence-electron chi connectivity index (χ1n) is 17.7. The van der Waals surface area contributed by atoms with Crippen LogP contribution in [-0.4, -0.2) is 80.4 Å². The molecule has 3 aromatic carbocycles. The molecule has 3 amide bonds. The lowest BCUT2D eigenvalue weighted by molar-refractivity contribution is -0.160. The molecule has 0 heterocycles. The normalized spacial score (nSPS) is 12.9. The van der Waals surface area contributed by atoms with Crippen LogP contribution in [0.25, 0.3) is 11.1 Å². The second-order valence-electron chi connectivity index (χ2n) is 13.3. The second kappa shape index (κ2) is 19.1. The fraction of sp³-hybridized carbons (Fsp3) is 0.475. The van der Waals surface area contributed by atoms with Gasteiger partial charge in [0, 0.05) is 32.2 Å². The molecule has 270 valence electrons. The van der Waals surface area contributed by atoms with E-state index in [9.17, 15) is 14.4 Å². The number of rotatable bonds is 18. The number of benzene rings is 3. The highest BCUT2D eigenvalue weighted by Crippen LogP contribution is 2.44. The van der Waals surface area contributed by atoms with Crippen molar-refractivity contribution in [1.29, 1.82) is 0 Å². The summed E-state index contributed by atoms with van der Waals surface area (Å²) in [6.45, 7) is 11.2. The largest absolute Gasteiger partial charge is 0.449 e. The van der Waals surface area contributed by atoms with E-state index in [-0.39, 0.29) is 25.0 Å². The van der Waals surface area contributed by atoms with Gasteiger partial charge in [-0.1, -0.05) is 78.9 Å². The van der Waals surface area contributed by atoms with Crippen LogP contribution in [0, 0.1) is 0 Å². The summed E-state index contributed by atoms with van der Waals surface area (Å²) in [5.74, 6) is -0.360. The zero-order chi connectivity index (χ0) is 35.9. The Morgan fingerprint density at radius 1 is 0.800 bits per heavy atom. The minimum atomic E-state index is -0.869. The zero-order valence-corrected chi connectivity index (χ0v) is 30.1. The van der Waals surface area contributed by atoms with Crippen LogP contribution < -0.4 is 10.6 Å². The van der Waals surface area contributed by atoms with Gasteiger partial charge in [0.15, 0.2) is 6.29 Å². The number of nitrogens with one attached hydrogen (secondary N) is 2. The van der Waals surface area contributed by atoms with E-state index in [2.05, 4.69) is 34.9 Å². The molecule has 0 radical (unpaired) electrons. The quantitative estimate of drug-likeness (QED) is 0.109. The Morgan fingerprint density at radius 2 is 1.40 bits per heavy atom. The van der Waals surface area contributed by atoms with Crippen molar-refractivity contribution in [2.45, 2.75) is 84.2 Å². The maximum Gasteiger partial charge on any atom is 0.407 e. The Bertz CT molecular complexity index is 1470. The van der Waals surface area contributed by atoms with E-state index in [1.165, 1.54) is 0 Å². The lowest BCUT2D eigenvalue weighted by Gasteiger charge is -2.31. The van der Waals surface area contributed by atoms with E-state index in [4.69, 9.17) is 18.9 Å². The first-order valence-corrected chi connectivity index (χ1v) is 17.7. The van der Waals surface area contributed by atoms with Gasteiger partial charge in [-0.25, -0.2) is 9.59 Å². The van der Waals surface area contributed by atoms with Crippen molar-refractivity contribution in [2.75, 3.05) is 39.5 Å². The average molecular weight is 688 g/mol. The summed E-state index contributed by atoms with van der Waals surface area (Å²) in [5.41, 5.74) is 4.98. The summed E-state index contributed by atoms with van der Waals surface area (Å²) >= 11 is 0. The summed E-state index contributed by atoms with van der Waals surface area (Å²) in [6, 6.07) is 25.4. The summed E-state index contributed by atoms with van der Waals surface area (Å²) in [6.07, 6.45) is 0.336. The maximum absolute atomic E-state index is 14.3. The van der Waals surface area contributed by atoms with Crippen molar-refractivity contribution < 1.29 is 33.3 Å². The average Bonchev–Trinajstić information content (AvgIpc) is 3.41. The van der Waals surface area contributed by atoms with Gasteiger partial charge >= 0.3 is 12.2 Å². The molecule has 10 nitrogen and oxygen atoms in total. The third-order valence-electron chi connectivity index (χ3n) is 8.42. The van der Waals surface area contributed by atoms with E-state index >= 15 is 0 Å². The second-order valence-corrected chi connectivity index (χ2v) is 13.3. The Hall–Kier alpha value is -4.41. The number of amides is 3. The molecule has 0 fully saturated rings. The Morgan fingerprint density at radius 3 is 2.00 bits per heavy atom. The van der Waals surface area contributed by atoms with Gasteiger partial charge in [0.05, 0.1) is 6.54 Å². The summed E-state index contributed by atoms with van der Waals surface area (Å²) in [4.78, 5) is 41.6. The number of carbonyl (C=O) groups is 3. The van der Waals surface area contributed by atoms with Crippen molar-refractivity contribution in [3.63, 3.8) is 0 Å². The molecule has 2 N–H and O–H groups in total. The molecule has 10 heteroatoms. The van der Waals surface area contributed by atoms with E-state index in [1.54, 1.807) is 4.90 Å². The highest BCUT2D eigenvalue weighted by atomic mass is 16.7.